The van der Waals surface area contributed by atoms with Gasteiger partial charge in [0.1, 0.15) is 0 Å². The summed E-state index contributed by atoms with van der Waals surface area (Å²) in [6.07, 6.45) is 8.13. The number of rotatable bonds is 12. The van der Waals surface area contributed by atoms with Gasteiger partial charge < -0.3 is 0 Å². The molecule has 0 spiro atoms. The van der Waals surface area contributed by atoms with Crippen LogP contribution in [0, 0.1) is 0 Å². The summed E-state index contributed by atoms with van der Waals surface area (Å²) in [4.78, 5) is 0. The summed E-state index contributed by atoms with van der Waals surface area (Å²) in [5, 5.41) is 16.5. The van der Waals surface area contributed by atoms with Gasteiger partial charge in [-0.1, -0.05) is 26.7 Å². The Bertz CT molecular complexity index is 170. The molecule has 100 valence electrons. The normalized spacial score (nSPS) is 11.9. The largest absolute Gasteiger partial charge is 0.194 e. The maximum atomic E-state index is 4.14. The third-order valence-corrected chi connectivity index (χ3v) is 2.44. The summed E-state index contributed by atoms with van der Waals surface area (Å²) < 4.78 is 0. The molecule has 0 heterocycles. The van der Waals surface area contributed by atoms with E-state index in [-0.39, 0.29) is 0 Å². The lowest BCUT2D eigenvalue weighted by Crippen LogP contribution is -1.86. The van der Waals surface area contributed by atoms with Crippen molar-refractivity contribution >= 4 is 0 Å². The molecule has 17 heavy (non-hydrogen) atoms. The van der Waals surface area contributed by atoms with Crippen molar-refractivity contribution in [3.63, 3.8) is 0 Å². The fourth-order valence-electron chi connectivity index (χ4n) is 1.28. The van der Waals surface area contributed by atoms with E-state index < -0.39 is 0 Å². The number of nitrogens with zero attached hydrogens (tertiary/aromatic N) is 4. The predicted octanol–water partition coefficient (Wildman–Crippen LogP) is 4.66. The van der Waals surface area contributed by atoms with Crippen LogP contribution in [0.15, 0.2) is 20.5 Å². The van der Waals surface area contributed by atoms with Crippen LogP contribution in [0.4, 0.5) is 0 Å². The second-order valence-corrected chi connectivity index (χ2v) is 4.23. The SMILES string of the molecule is CCCCN=NCCCCCN=NCCCC. The van der Waals surface area contributed by atoms with Gasteiger partial charge in [0.15, 0.2) is 0 Å². The molecule has 0 N–H and O–H groups in total. The Morgan fingerprint density at radius 3 is 1.18 bits per heavy atom. The van der Waals surface area contributed by atoms with Crippen LogP contribution in [0.2, 0.25) is 0 Å². The average molecular weight is 240 g/mol. The summed E-state index contributed by atoms with van der Waals surface area (Å²) in [7, 11) is 0. The highest BCUT2D eigenvalue weighted by atomic mass is 15.1. The van der Waals surface area contributed by atoms with Gasteiger partial charge in [-0.05, 0) is 32.1 Å². The fraction of sp³-hybridized carbons (Fsp3) is 1.00. The molecule has 0 fully saturated rings. The van der Waals surface area contributed by atoms with Crippen molar-refractivity contribution in [2.45, 2.75) is 58.8 Å². The first kappa shape index (κ1) is 16.2. The van der Waals surface area contributed by atoms with E-state index in [1.54, 1.807) is 0 Å². The standard InChI is InChI=1S/C13H28N4/c1-3-5-10-14-16-12-8-7-9-13-17-15-11-6-4-2/h3-13H2,1-2H3. The molecule has 0 atom stereocenters. The van der Waals surface area contributed by atoms with Crippen molar-refractivity contribution in [1.29, 1.82) is 0 Å². The lowest BCUT2D eigenvalue weighted by atomic mass is 10.2. The molecule has 0 aliphatic heterocycles. The van der Waals surface area contributed by atoms with E-state index in [4.69, 9.17) is 0 Å². The summed E-state index contributed by atoms with van der Waals surface area (Å²) in [5.74, 6) is 0. The molecule has 0 unspecified atom stereocenters. The van der Waals surface area contributed by atoms with E-state index in [0.29, 0.717) is 0 Å². The van der Waals surface area contributed by atoms with Gasteiger partial charge in [0, 0.05) is 0 Å². The monoisotopic (exact) mass is 240 g/mol. The minimum absolute atomic E-state index is 0.872. The van der Waals surface area contributed by atoms with E-state index in [1.165, 1.54) is 19.3 Å². The molecule has 0 aliphatic carbocycles. The first-order valence-corrected chi connectivity index (χ1v) is 7.08. The molecule has 0 aromatic rings. The first-order valence-electron chi connectivity index (χ1n) is 7.08. The van der Waals surface area contributed by atoms with Crippen molar-refractivity contribution in [1.82, 2.24) is 0 Å². The fourth-order valence-corrected chi connectivity index (χ4v) is 1.28. The molecular formula is C13H28N4. The molecule has 0 saturated heterocycles. The molecule has 0 saturated carbocycles. The Morgan fingerprint density at radius 2 is 0.824 bits per heavy atom. The summed E-state index contributed by atoms with van der Waals surface area (Å²) in [5.41, 5.74) is 0. The second kappa shape index (κ2) is 15.2. The van der Waals surface area contributed by atoms with E-state index in [1.807, 2.05) is 0 Å². The van der Waals surface area contributed by atoms with Crippen molar-refractivity contribution in [2.75, 3.05) is 26.2 Å². The van der Waals surface area contributed by atoms with E-state index in [9.17, 15) is 0 Å². The van der Waals surface area contributed by atoms with Crippen LogP contribution < -0.4 is 0 Å². The number of hydrogen-bond donors (Lipinski definition) is 0. The van der Waals surface area contributed by atoms with Crippen LogP contribution in [0.5, 0.6) is 0 Å². The van der Waals surface area contributed by atoms with Gasteiger partial charge in [0.05, 0.1) is 26.2 Å². The second-order valence-electron chi connectivity index (χ2n) is 4.23. The molecule has 0 rings (SSSR count). The molecular weight excluding hydrogens is 212 g/mol. The van der Waals surface area contributed by atoms with Crippen molar-refractivity contribution in [3.8, 4) is 0 Å². The van der Waals surface area contributed by atoms with Gasteiger partial charge in [-0.3, -0.25) is 0 Å². The number of azo groups is 2. The lowest BCUT2D eigenvalue weighted by Gasteiger charge is -1.94. The van der Waals surface area contributed by atoms with Crippen molar-refractivity contribution in [3.05, 3.63) is 0 Å². The number of unbranched alkanes of at least 4 members (excludes halogenated alkanes) is 4. The van der Waals surface area contributed by atoms with Gasteiger partial charge in [0.25, 0.3) is 0 Å². The molecule has 4 nitrogen and oxygen atoms in total. The molecule has 0 bridgehead atoms. The minimum Gasteiger partial charge on any atom is -0.194 e. The quantitative estimate of drug-likeness (QED) is 0.352. The molecule has 4 heteroatoms. The maximum absolute atomic E-state index is 4.14. The van der Waals surface area contributed by atoms with Crippen LogP contribution in [0.25, 0.3) is 0 Å². The molecule has 0 radical (unpaired) electrons. The smallest absolute Gasteiger partial charge is 0.0598 e. The third-order valence-electron chi connectivity index (χ3n) is 2.44. The van der Waals surface area contributed by atoms with Gasteiger partial charge in [-0.2, -0.15) is 20.5 Å². The van der Waals surface area contributed by atoms with Gasteiger partial charge >= 0.3 is 0 Å². The van der Waals surface area contributed by atoms with Crippen molar-refractivity contribution in [2.24, 2.45) is 20.5 Å². The molecule has 0 aromatic heterocycles. The minimum atomic E-state index is 0.872. The Morgan fingerprint density at radius 1 is 0.471 bits per heavy atom. The van der Waals surface area contributed by atoms with Crippen LogP contribution in [-0.2, 0) is 0 Å². The Labute approximate surface area is 106 Å². The highest BCUT2D eigenvalue weighted by molar-refractivity contribution is 4.48. The zero-order valence-electron chi connectivity index (χ0n) is 11.6. The van der Waals surface area contributed by atoms with E-state index in [2.05, 4.69) is 34.3 Å². The highest BCUT2D eigenvalue weighted by Gasteiger charge is 1.88. The summed E-state index contributed by atoms with van der Waals surface area (Å²) >= 11 is 0. The van der Waals surface area contributed by atoms with Gasteiger partial charge in [-0.25, -0.2) is 0 Å². The third kappa shape index (κ3) is 15.2. The first-order chi connectivity index (χ1) is 8.41. The zero-order valence-corrected chi connectivity index (χ0v) is 11.6. The summed E-state index contributed by atoms with van der Waals surface area (Å²) in [6.45, 7) is 7.87. The Balaban J connectivity index is 3.07. The van der Waals surface area contributed by atoms with Gasteiger partial charge in [-0.15, -0.1) is 0 Å². The van der Waals surface area contributed by atoms with Crippen molar-refractivity contribution < 1.29 is 0 Å². The zero-order chi connectivity index (χ0) is 12.6. The molecule has 0 aliphatic rings. The Hall–Kier alpha value is -0.800. The predicted molar refractivity (Wildman–Crippen MR) is 72.8 cm³/mol. The van der Waals surface area contributed by atoms with E-state index >= 15 is 0 Å². The summed E-state index contributed by atoms with van der Waals surface area (Å²) in [6, 6.07) is 0. The van der Waals surface area contributed by atoms with Crippen LogP contribution in [0.3, 0.4) is 0 Å². The van der Waals surface area contributed by atoms with Crippen LogP contribution >= 0.6 is 0 Å². The lowest BCUT2D eigenvalue weighted by molar-refractivity contribution is 0.652. The van der Waals surface area contributed by atoms with Crippen LogP contribution in [-0.4, -0.2) is 26.2 Å². The van der Waals surface area contributed by atoms with E-state index in [0.717, 1.165) is 51.9 Å². The average Bonchev–Trinajstić information content (AvgIpc) is 2.35. The topological polar surface area (TPSA) is 49.4 Å². The molecule has 0 aromatic carbocycles. The molecule has 0 amide bonds. The highest BCUT2D eigenvalue weighted by Crippen LogP contribution is 1.98. The maximum Gasteiger partial charge on any atom is 0.0598 e. The number of hydrogen-bond acceptors (Lipinski definition) is 4. The Kier molecular flexibility index (Phi) is 14.5. The van der Waals surface area contributed by atoms with Crippen LogP contribution in [0.1, 0.15) is 58.8 Å². The van der Waals surface area contributed by atoms with Gasteiger partial charge in [0.2, 0.25) is 0 Å².